The quantitative estimate of drug-likeness (QED) is 0.234. The van der Waals surface area contributed by atoms with Gasteiger partial charge in [0, 0.05) is 21.9 Å². The second-order valence-corrected chi connectivity index (χ2v) is 11.6. The average Bonchev–Trinajstić information content (AvgIpc) is 3.46. The van der Waals surface area contributed by atoms with Crippen LogP contribution in [0.1, 0.15) is 33.3 Å². The van der Waals surface area contributed by atoms with E-state index >= 15 is 0 Å². The molecule has 6 aromatic rings. The van der Waals surface area contributed by atoms with Gasteiger partial charge >= 0.3 is 7.12 Å². The Morgan fingerprint density at radius 3 is 1.83 bits per heavy atom. The highest BCUT2D eigenvalue weighted by molar-refractivity contribution is 6.62. The van der Waals surface area contributed by atoms with E-state index in [-0.39, 0.29) is 0 Å². The minimum Gasteiger partial charge on any atom is -0.399 e. The normalized spacial score (nSPS) is 15.7. The number of benzene rings is 4. The Morgan fingerprint density at radius 1 is 0.667 bits per heavy atom. The SMILES string of the molecule is CC1(C)OB(c2ccc(-c3nc(-c4cccc(C#N)c4)nc(-n4c5ccccc5c5ccccc54)n3)cc2)OC1(C)C. The van der Waals surface area contributed by atoms with Crippen molar-refractivity contribution >= 4 is 34.4 Å². The van der Waals surface area contributed by atoms with Crippen LogP contribution in [-0.4, -0.2) is 37.8 Å². The van der Waals surface area contributed by atoms with Crippen LogP contribution in [0, 0.1) is 11.3 Å². The van der Waals surface area contributed by atoms with E-state index in [1.54, 1.807) is 12.1 Å². The number of hydrogen-bond donors (Lipinski definition) is 0. The molecule has 8 heteroatoms. The summed E-state index contributed by atoms with van der Waals surface area (Å²) in [7, 11) is -0.458. The van der Waals surface area contributed by atoms with Crippen molar-refractivity contribution in [2.45, 2.75) is 38.9 Å². The number of fused-ring (bicyclic) bond motifs is 3. The van der Waals surface area contributed by atoms with E-state index in [2.05, 4.69) is 34.9 Å². The molecule has 3 heterocycles. The Hall–Kier alpha value is -4.84. The van der Waals surface area contributed by atoms with Crippen LogP contribution in [0.3, 0.4) is 0 Å². The van der Waals surface area contributed by atoms with E-state index < -0.39 is 18.3 Å². The van der Waals surface area contributed by atoms with Gasteiger partial charge in [0.05, 0.1) is 33.9 Å². The molecule has 1 aliphatic rings. The third kappa shape index (κ3) is 4.26. The Morgan fingerprint density at radius 2 is 1.24 bits per heavy atom. The Bertz CT molecular complexity index is 1960. The molecule has 2 aromatic heterocycles. The predicted molar refractivity (Wildman–Crippen MR) is 165 cm³/mol. The molecule has 0 atom stereocenters. The van der Waals surface area contributed by atoms with Gasteiger partial charge in [0.1, 0.15) is 0 Å². The van der Waals surface area contributed by atoms with Gasteiger partial charge < -0.3 is 9.31 Å². The summed E-state index contributed by atoms with van der Waals surface area (Å²) in [6, 6.07) is 34.0. The maximum atomic E-state index is 9.54. The zero-order valence-electron chi connectivity index (χ0n) is 23.9. The molecule has 0 aliphatic carbocycles. The third-order valence-corrected chi connectivity index (χ3v) is 8.35. The molecule has 1 saturated heterocycles. The van der Waals surface area contributed by atoms with Gasteiger partial charge in [0.25, 0.3) is 0 Å². The Labute approximate surface area is 244 Å². The lowest BCUT2D eigenvalue weighted by molar-refractivity contribution is 0.00578. The maximum absolute atomic E-state index is 9.54. The van der Waals surface area contributed by atoms with Crippen LogP contribution in [0.15, 0.2) is 97.1 Å². The lowest BCUT2D eigenvalue weighted by Gasteiger charge is -2.32. The molecule has 204 valence electrons. The van der Waals surface area contributed by atoms with Crippen LogP contribution >= 0.6 is 0 Å². The van der Waals surface area contributed by atoms with Gasteiger partial charge in [-0.25, -0.2) is 4.98 Å². The molecule has 0 spiro atoms. The minimum absolute atomic E-state index is 0.422. The highest BCUT2D eigenvalue weighted by atomic mass is 16.7. The molecule has 0 bridgehead atoms. The van der Waals surface area contributed by atoms with Gasteiger partial charge in [-0.2, -0.15) is 15.2 Å². The summed E-state index contributed by atoms with van der Waals surface area (Å²) >= 11 is 0. The summed E-state index contributed by atoms with van der Waals surface area (Å²) in [5.41, 5.74) is 4.21. The van der Waals surface area contributed by atoms with Crippen LogP contribution in [0.5, 0.6) is 0 Å². The first-order valence-corrected chi connectivity index (χ1v) is 14.0. The topological polar surface area (TPSA) is 85.9 Å². The Balaban J connectivity index is 1.39. The van der Waals surface area contributed by atoms with Crippen LogP contribution in [0.25, 0.3) is 50.5 Å². The van der Waals surface area contributed by atoms with Gasteiger partial charge in [-0.1, -0.05) is 72.8 Å². The lowest BCUT2D eigenvalue weighted by atomic mass is 9.79. The fourth-order valence-corrected chi connectivity index (χ4v) is 5.36. The molecule has 0 unspecified atom stereocenters. The van der Waals surface area contributed by atoms with E-state index in [1.165, 1.54) is 0 Å². The first kappa shape index (κ1) is 26.1. The first-order chi connectivity index (χ1) is 20.2. The van der Waals surface area contributed by atoms with Crippen LogP contribution in [0.4, 0.5) is 0 Å². The lowest BCUT2D eigenvalue weighted by Crippen LogP contribution is -2.41. The molecule has 0 saturated carbocycles. The molecule has 7 nitrogen and oxygen atoms in total. The molecule has 0 radical (unpaired) electrons. The van der Waals surface area contributed by atoms with Crippen LogP contribution < -0.4 is 5.46 Å². The smallest absolute Gasteiger partial charge is 0.399 e. The Kier molecular flexibility index (Phi) is 5.98. The molecular formula is C34H28BN5O2. The van der Waals surface area contributed by atoms with Gasteiger partial charge in [0.2, 0.25) is 5.95 Å². The summed E-state index contributed by atoms with van der Waals surface area (Å²) < 4.78 is 14.6. The highest BCUT2D eigenvalue weighted by Gasteiger charge is 2.51. The standard InChI is InChI=1S/C34H28BN5O2/c1-33(2)34(3,4)42-35(41-33)25-18-16-23(17-19-25)30-37-31(24-11-9-10-22(20-24)21-36)39-32(38-30)40-28-14-7-5-12-26(28)27-13-6-8-15-29(27)40/h5-20H,1-4H3. The molecule has 0 amide bonds. The van der Waals surface area contributed by atoms with E-state index in [9.17, 15) is 5.26 Å². The summed E-state index contributed by atoms with van der Waals surface area (Å²) in [6.45, 7) is 8.19. The number of aromatic nitrogens is 4. The van der Waals surface area contributed by atoms with Crippen LogP contribution in [-0.2, 0) is 9.31 Å². The summed E-state index contributed by atoms with van der Waals surface area (Å²) in [5, 5.41) is 11.8. The fourth-order valence-electron chi connectivity index (χ4n) is 5.36. The summed E-state index contributed by atoms with van der Waals surface area (Å²) in [4.78, 5) is 14.8. The van der Waals surface area contributed by atoms with Crippen molar-refractivity contribution in [2.75, 3.05) is 0 Å². The third-order valence-electron chi connectivity index (χ3n) is 8.35. The van der Waals surface area contributed by atoms with Crippen molar-refractivity contribution in [1.29, 1.82) is 5.26 Å². The van der Waals surface area contributed by atoms with Crippen molar-refractivity contribution in [3.8, 4) is 34.8 Å². The predicted octanol–water partition coefficient (Wildman–Crippen LogP) is 6.47. The minimum atomic E-state index is -0.458. The van der Waals surface area contributed by atoms with Crippen molar-refractivity contribution < 1.29 is 9.31 Å². The second kappa shape index (κ2) is 9.62. The van der Waals surface area contributed by atoms with E-state index in [4.69, 9.17) is 24.3 Å². The second-order valence-electron chi connectivity index (χ2n) is 11.6. The van der Waals surface area contributed by atoms with Crippen molar-refractivity contribution in [2.24, 2.45) is 0 Å². The average molecular weight is 549 g/mol. The van der Waals surface area contributed by atoms with Crippen molar-refractivity contribution in [1.82, 2.24) is 19.5 Å². The molecule has 42 heavy (non-hydrogen) atoms. The first-order valence-electron chi connectivity index (χ1n) is 14.0. The van der Waals surface area contributed by atoms with Gasteiger partial charge in [-0.15, -0.1) is 0 Å². The number of nitrogens with zero attached hydrogens (tertiary/aromatic N) is 5. The molecule has 4 aromatic carbocycles. The molecule has 1 fully saturated rings. The number of hydrogen-bond acceptors (Lipinski definition) is 6. The molecule has 7 rings (SSSR count). The summed E-state index contributed by atoms with van der Waals surface area (Å²) in [6.07, 6.45) is 0. The molecular weight excluding hydrogens is 521 g/mol. The zero-order chi connectivity index (χ0) is 29.1. The van der Waals surface area contributed by atoms with Crippen molar-refractivity contribution in [3.63, 3.8) is 0 Å². The van der Waals surface area contributed by atoms with E-state index in [0.29, 0.717) is 23.2 Å². The van der Waals surface area contributed by atoms with Crippen molar-refractivity contribution in [3.05, 3.63) is 103 Å². The summed E-state index contributed by atoms with van der Waals surface area (Å²) in [5.74, 6) is 1.52. The largest absolute Gasteiger partial charge is 0.494 e. The fraction of sp³-hybridized carbons (Fsp3) is 0.176. The van der Waals surface area contributed by atoms with E-state index in [1.807, 2.05) is 88.4 Å². The zero-order valence-corrected chi connectivity index (χ0v) is 23.9. The monoisotopic (exact) mass is 549 g/mol. The van der Waals surface area contributed by atoms with Gasteiger partial charge in [0.15, 0.2) is 11.6 Å². The van der Waals surface area contributed by atoms with Crippen LogP contribution in [0.2, 0.25) is 0 Å². The highest BCUT2D eigenvalue weighted by Crippen LogP contribution is 2.37. The van der Waals surface area contributed by atoms with Gasteiger partial charge in [-0.3, -0.25) is 4.57 Å². The van der Waals surface area contributed by atoms with Gasteiger partial charge in [-0.05, 0) is 57.4 Å². The van der Waals surface area contributed by atoms with E-state index in [0.717, 1.165) is 38.4 Å². The number of rotatable bonds is 4. The number of para-hydroxylation sites is 2. The number of nitriles is 1. The molecule has 0 N–H and O–H groups in total. The maximum Gasteiger partial charge on any atom is 0.494 e. The molecule has 1 aliphatic heterocycles.